The first-order valence-corrected chi connectivity index (χ1v) is 28.9. The van der Waals surface area contributed by atoms with E-state index < -0.39 is 120 Å². The fourth-order valence-electron chi connectivity index (χ4n) is 12.5. The molecule has 2 aromatic heterocycles. The number of anilines is 2. The van der Waals surface area contributed by atoms with Gasteiger partial charge in [0.25, 0.3) is 0 Å². The zero-order valence-corrected chi connectivity index (χ0v) is 49.6. The van der Waals surface area contributed by atoms with E-state index in [4.69, 9.17) is 43.6 Å². The largest absolute Gasteiger partial charge is 0.465 e. The third kappa shape index (κ3) is 14.8. The Morgan fingerprint density at radius 1 is 0.938 bits per heavy atom. The summed E-state index contributed by atoms with van der Waals surface area (Å²) >= 11 is 0. The molecule has 0 spiro atoms. The van der Waals surface area contributed by atoms with E-state index in [-0.39, 0.29) is 69.0 Å². The summed E-state index contributed by atoms with van der Waals surface area (Å²) in [6.45, 7) is 17.9. The minimum Gasteiger partial charge on any atom is -0.465 e. The summed E-state index contributed by atoms with van der Waals surface area (Å²) in [4.78, 5) is 59.0. The van der Waals surface area contributed by atoms with Gasteiger partial charge in [-0.15, -0.1) is 0 Å². The highest BCUT2D eigenvalue weighted by molar-refractivity contribution is 5.84. The smallest absolute Gasteiger partial charge is 0.311 e. The van der Waals surface area contributed by atoms with Crippen LogP contribution in [0.15, 0.2) is 18.5 Å². The number of nitrogens with zero attached hydrogens (tertiary/aromatic N) is 6. The Morgan fingerprint density at radius 2 is 1.64 bits per heavy atom. The molecule has 2 aliphatic carbocycles. The fourth-order valence-corrected chi connectivity index (χ4v) is 12.5. The number of imidazole rings is 1. The molecule has 7 rings (SSSR count). The van der Waals surface area contributed by atoms with E-state index >= 15 is 0 Å². The number of ether oxygens (including phenoxy) is 8. The van der Waals surface area contributed by atoms with E-state index in [2.05, 4.69) is 20.3 Å². The van der Waals surface area contributed by atoms with Gasteiger partial charge in [-0.3, -0.25) is 14.4 Å². The van der Waals surface area contributed by atoms with Crippen LogP contribution in [0, 0.1) is 23.7 Å². The number of esters is 3. The Bertz CT molecular complexity index is 2440. The Balaban J connectivity index is 1.07. The predicted molar refractivity (Wildman–Crippen MR) is 296 cm³/mol. The van der Waals surface area contributed by atoms with Crippen molar-refractivity contribution < 1.29 is 72.7 Å². The van der Waals surface area contributed by atoms with Gasteiger partial charge in [0.2, 0.25) is 5.95 Å². The summed E-state index contributed by atoms with van der Waals surface area (Å²) in [6.07, 6.45) is -0.766. The van der Waals surface area contributed by atoms with Crippen LogP contribution in [0.2, 0.25) is 0 Å². The number of methoxy groups -OCH3 is 1. The molecule has 20 atom stereocenters. The van der Waals surface area contributed by atoms with Crippen LogP contribution >= 0.6 is 0 Å². The van der Waals surface area contributed by atoms with Gasteiger partial charge in [0.1, 0.15) is 23.9 Å². The summed E-state index contributed by atoms with van der Waals surface area (Å²) in [5.41, 5.74) is 2.71. The summed E-state index contributed by atoms with van der Waals surface area (Å²) < 4.78 is 52.7. The van der Waals surface area contributed by atoms with Crippen LogP contribution < -0.4 is 11.1 Å². The number of aliphatic hydroxyl groups excluding tert-OH is 2. The van der Waals surface area contributed by atoms with Gasteiger partial charge in [0, 0.05) is 56.8 Å². The molecule has 1 saturated carbocycles. The molecule has 3 aliphatic heterocycles. The summed E-state index contributed by atoms with van der Waals surface area (Å²) in [5.74, 6) is -3.27. The molecule has 5 heterocycles. The van der Waals surface area contributed by atoms with Crippen molar-refractivity contribution in [1.82, 2.24) is 29.3 Å². The molecule has 3 saturated heterocycles. The summed E-state index contributed by atoms with van der Waals surface area (Å²) in [6, 6.07) is -0.730. The van der Waals surface area contributed by atoms with Crippen LogP contribution in [-0.2, 0) is 52.3 Å². The quantitative estimate of drug-likeness (QED) is 0.0732. The number of carbonyl (C=O) groups is 3. The number of allylic oxidation sites excluding steroid dienone is 1. The summed E-state index contributed by atoms with van der Waals surface area (Å²) in [5, 5.41) is 51.2. The molecular formula is C57H94N8O15. The molecule has 2 aromatic rings. The van der Waals surface area contributed by atoms with Gasteiger partial charge in [-0.2, -0.15) is 9.97 Å². The number of nitrogens with two attached hydrogens (primary N) is 1. The highest BCUT2D eigenvalue weighted by Gasteiger charge is 2.53. The van der Waals surface area contributed by atoms with Gasteiger partial charge in [0.15, 0.2) is 35.7 Å². The number of likely N-dealkylation sites (N-methyl/N-ethyl adjacent to an activating group) is 2. The number of hydrogen-bond acceptors (Lipinski definition) is 22. The van der Waals surface area contributed by atoms with E-state index in [0.717, 1.165) is 12.8 Å². The second-order valence-corrected chi connectivity index (χ2v) is 24.8. The number of aliphatic hydroxyl groups is 4. The Hall–Kier alpha value is -4.14. The second-order valence-electron chi connectivity index (χ2n) is 24.8. The molecule has 80 heavy (non-hydrogen) atoms. The van der Waals surface area contributed by atoms with E-state index in [1.807, 2.05) is 61.5 Å². The van der Waals surface area contributed by atoms with Crippen LogP contribution in [0.1, 0.15) is 139 Å². The van der Waals surface area contributed by atoms with Gasteiger partial charge >= 0.3 is 17.9 Å². The average Bonchev–Trinajstić information content (AvgIpc) is 4.04. The van der Waals surface area contributed by atoms with Crippen molar-refractivity contribution in [3.8, 4) is 0 Å². The number of fused-ring (bicyclic) bond motifs is 1. The predicted octanol–water partition coefficient (Wildman–Crippen LogP) is 4.28. The molecule has 4 fully saturated rings. The Labute approximate surface area is 471 Å². The van der Waals surface area contributed by atoms with E-state index in [1.165, 1.54) is 14.0 Å². The maximum absolute atomic E-state index is 14.6. The van der Waals surface area contributed by atoms with Crippen LogP contribution in [0.4, 0.5) is 11.8 Å². The first-order chi connectivity index (χ1) is 37.6. The molecule has 0 aromatic carbocycles. The molecule has 452 valence electrons. The minimum atomic E-state index is -1.87. The molecule has 7 N–H and O–H groups in total. The standard InChI is InChI=1S/C57H94N8O15/c1-15-40-57(10,72)47(68)34(6)64(13)27-30(2)25-55(8,71)49(32(4)45(33(5)52(70)77-40)79-43-26-56(9,73-14)48(69)35(7)76-43)80-53-46(39(63(11)12)23-31(3)75-53)78-42(67)18-16-17-41(66)74-28-36-19-22-38(24-36)65-29-59-44-50(60-37-20-21-37)61-54(58)62-51(44)65/h19,22,29-40,43,45-49,53,68-69,71-72H,15-18,20-21,23-28H2,1-14H3,(H3,58,60,61,62)/t30-,31-,32+,33-,34-,35+,36+,38-,39?,40-,43+,45+,46-,47-,48+,49-,53+,55-,56-,57-/m1/s1. The second kappa shape index (κ2) is 26.2. The molecule has 0 bridgehead atoms. The monoisotopic (exact) mass is 1130 g/mol. The highest BCUT2D eigenvalue weighted by Crippen LogP contribution is 2.41. The zero-order valence-electron chi connectivity index (χ0n) is 49.6. The van der Waals surface area contributed by atoms with E-state index in [1.54, 1.807) is 54.8 Å². The lowest BCUT2D eigenvalue weighted by molar-refractivity contribution is -0.319. The van der Waals surface area contributed by atoms with Crippen LogP contribution in [0.5, 0.6) is 0 Å². The lowest BCUT2D eigenvalue weighted by Gasteiger charge is -2.49. The first kappa shape index (κ1) is 63.4. The van der Waals surface area contributed by atoms with Crippen molar-refractivity contribution >= 4 is 40.8 Å². The number of cyclic esters (lactones) is 1. The van der Waals surface area contributed by atoms with E-state index in [0.29, 0.717) is 42.4 Å². The number of nitrogen functional groups attached to an aromatic ring is 1. The lowest BCUT2D eigenvalue weighted by Crippen LogP contribution is -2.61. The number of nitrogens with one attached hydrogen (secondary N) is 1. The minimum absolute atomic E-state index is 0.0264. The highest BCUT2D eigenvalue weighted by atomic mass is 16.7. The van der Waals surface area contributed by atoms with E-state index in [9.17, 15) is 34.8 Å². The van der Waals surface area contributed by atoms with Crippen molar-refractivity contribution in [2.24, 2.45) is 23.7 Å². The normalized spacial score (nSPS) is 39.8. The number of hydrogen-bond donors (Lipinski definition) is 6. The molecule has 5 aliphatic rings. The maximum atomic E-state index is 14.6. The number of rotatable bonds is 17. The Morgan fingerprint density at radius 3 is 2.30 bits per heavy atom. The number of carbonyl (C=O) groups excluding carboxylic acids is 3. The molecule has 0 amide bonds. The van der Waals surface area contributed by atoms with Gasteiger partial charge in [-0.25, -0.2) is 4.98 Å². The van der Waals surface area contributed by atoms with Crippen molar-refractivity contribution in [2.45, 2.75) is 236 Å². The first-order valence-electron chi connectivity index (χ1n) is 28.9. The molecule has 23 nitrogen and oxygen atoms in total. The van der Waals surface area contributed by atoms with Crippen molar-refractivity contribution in [3.63, 3.8) is 0 Å². The number of aromatic nitrogens is 4. The average molecular weight is 1130 g/mol. The van der Waals surface area contributed by atoms with Crippen LogP contribution in [0.3, 0.4) is 0 Å². The third-order valence-electron chi connectivity index (χ3n) is 17.5. The van der Waals surface area contributed by atoms with Crippen molar-refractivity contribution in [2.75, 3.05) is 52.5 Å². The van der Waals surface area contributed by atoms with Crippen molar-refractivity contribution in [3.05, 3.63) is 18.5 Å². The Kier molecular flexibility index (Phi) is 20.8. The summed E-state index contributed by atoms with van der Waals surface area (Å²) in [7, 11) is 7.06. The topological polar surface area (TPSA) is 294 Å². The molecule has 1 unspecified atom stereocenters. The van der Waals surface area contributed by atoms with Gasteiger partial charge < -0.3 is 83.7 Å². The van der Waals surface area contributed by atoms with Crippen molar-refractivity contribution in [1.29, 1.82) is 0 Å². The maximum Gasteiger partial charge on any atom is 0.311 e. The molecular weight excluding hydrogens is 1040 g/mol. The van der Waals surface area contributed by atoms with Crippen LogP contribution in [0.25, 0.3) is 11.2 Å². The van der Waals surface area contributed by atoms with Gasteiger partial charge in [-0.1, -0.05) is 32.9 Å². The van der Waals surface area contributed by atoms with Crippen LogP contribution in [-0.4, -0.2) is 205 Å². The third-order valence-corrected chi connectivity index (χ3v) is 17.5. The zero-order chi connectivity index (χ0) is 58.8. The van der Waals surface area contributed by atoms with Gasteiger partial charge in [0.05, 0.1) is 66.6 Å². The lowest BCUT2D eigenvalue weighted by atomic mass is 9.77. The molecule has 23 heteroatoms. The van der Waals surface area contributed by atoms with Gasteiger partial charge in [-0.05, 0) is 120 Å². The SMILES string of the molecule is CC[C@H]1OC(=O)[C@H](C)[C@@H](O[C@H]2C[C@@](C)(OC)[C@@H](O)[C@H](C)O2)[C@H](C)[C@@H](O[C@@H]2O[C@H](C)CC(N(C)C)[C@H]2OC(=O)CCCC(=O)OC[C@H]2C=C[C@@H](n3cnc4c(NC5CC5)nc(N)nc43)C2)[C@](C)(O)C[C@@H](C)CN(C)[C@H](C)[C@@H](O)[C@]1(C)O. The fraction of sp³-hybridized carbons (Fsp3) is 0.825. The molecule has 0 radical (unpaired) electrons.